The number of thiazole rings is 1. The van der Waals surface area contributed by atoms with Gasteiger partial charge in [-0.3, -0.25) is 9.78 Å². The van der Waals surface area contributed by atoms with E-state index in [0.29, 0.717) is 6.54 Å². The van der Waals surface area contributed by atoms with Gasteiger partial charge in [-0.15, -0.1) is 11.3 Å². The zero-order valence-corrected chi connectivity index (χ0v) is 12.5. The van der Waals surface area contributed by atoms with Gasteiger partial charge in [-0.05, 0) is 31.5 Å². The summed E-state index contributed by atoms with van der Waals surface area (Å²) in [4.78, 5) is 20.7. The molecule has 1 aliphatic rings. The maximum Gasteiger partial charge on any atom is 0.237 e. The fraction of sp³-hybridized carbons (Fsp3) is 0.400. The van der Waals surface area contributed by atoms with Crippen molar-refractivity contribution in [2.75, 3.05) is 13.1 Å². The lowest BCUT2D eigenvalue weighted by Gasteiger charge is -2.10. The summed E-state index contributed by atoms with van der Waals surface area (Å²) >= 11 is 1.61. The second-order valence-electron chi connectivity index (χ2n) is 5.03. The molecule has 0 bridgehead atoms. The molecule has 21 heavy (non-hydrogen) atoms. The first-order valence-corrected chi connectivity index (χ1v) is 8.08. The predicted molar refractivity (Wildman–Crippen MR) is 83.1 cm³/mol. The lowest BCUT2D eigenvalue weighted by atomic mass is 10.2. The molecule has 0 radical (unpaired) electrons. The molecule has 3 heterocycles. The molecule has 2 aromatic rings. The molecule has 1 fully saturated rings. The number of aromatic nitrogens is 2. The fourth-order valence-electron chi connectivity index (χ4n) is 2.38. The van der Waals surface area contributed by atoms with Crippen molar-refractivity contribution in [2.24, 2.45) is 0 Å². The first kappa shape index (κ1) is 14.2. The van der Waals surface area contributed by atoms with E-state index < -0.39 is 0 Å². The molecule has 1 atom stereocenters. The van der Waals surface area contributed by atoms with Gasteiger partial charge in [-0.25, -0.2) is 4.98 Å². The summed E-state index contributed by atoms with van der Waals surface area (Å²) in [5.74, 6) is 0.106. The minimum Gasteiger partial charge on any atom is -0.354 e. The van der Waals surface area contributed by atoms with E-state index in [1.165, 1.54) is 0 Å². The molecular weight excluding hydrogens is 284 g/mol. The second-order valence-corrected chi connectivity index (χ2v) is 5.97. The largest absolute Gasteiger partial charge is 0.354 e. The van der Waals surface area contributed by atoms with Gasteiger partial charge < -0.3 is 10.6 Å². The van der Waals surface area contributed by atoms with Gasteiger partial charge in [-0.2, -0.15) is 0 Å². The Hall–Kier alpha value is -1.79. The van der Waals surface area contributed by atoms with Crippen molar-refractivity contribution in [3.63, 3.8) is 0 Å². The van der Waals surface area contributed by atoms with Gasteiger partial charge in [0.05, 0.1) is 22.4 Å². The van der Waals surface area contributed by atoms with Gasteiger partial charge in [0.15, 0.2) is 0 Å². The molecule has 0 spiro atoms. The highest BCUT2D eigenvalue weighted by molar-refractivity contribution is 7.09. The number of amides is 1. The Labute approximate surface area is 127 Å². The third kappa shape index (κ3) is 3.65. The molecule has 0 saturated carbocycles. The first-order chi connectivity index (χ1) is 10.3. The molecule has 2 aromatic heterocycles. The van der Waals surface area contributed by atoms with E-state index in [9.17, 15) is 4.79 Å². The summed E-state index contributed by atoms with van der Waals surface area (Å²) in [6, 6.07) is 5.79. The van der Waals surface area contributed by atoms with Crippen LogP contribution in [0.5, 0.6) is 0 Å². The van der Waals surface area contributed by atoms with Gasteiger partial charge in [0.1, 0.15) is 0 Å². The van der Waals surface area contributed by atoms with E-state index in [1.807, 2.05) is 23.6 Å². The van der Waals surface area contributed by atoms with Crippen molar-refractivity contribution >= 4 is 17.2 Å². The molecule has 1 amide bonds. The number of nitrogens with one attached hydrogen (secondary N) is 2. The molecule has 0 aliphatic carbocycles. The number of carbonyl (C=O) groups excluding carboxylic acids is 1. The van der Waals surface area contributed by atoms with Gasteiger partial charge in [0.25, 0.3) is 0 Å². The molecule has 110 valence electrons. The predicted octanol–water partition coefficient (Wildman–Crippen LogP) is 1.62. The summed E-state index contributed by atoms with van der Waals surface area (Å²) in [5.41, 5.74) is 1.79. The Morgan fingerprint density at radius 1 is 1.43 bits per heavy atom. The average molecular weight is 302 g/mol. The Kier molecular flexibility index (Phi) is 4.57. The monoisotopic (exact) mass is 302 g/mol. The maximum atomic E-state index is 11.9. The average Bonchev–Trinajstić information content (AvgIpc) is 3.20. The van der Waals surface area contributed by atoms with Crippen LogP contribution in [0.4, 0.5) is 0 Å². The summed E-state index contributed by atoms with van der Waals surface area (Å²) in [7, 11) is 0. The molecule has 1 unspecified atom stereocenters. The number of carbonyl (C=O) groups is 1. The topological polar surface area (TPSA) is 66.9 Å². The van der Waals surface area contributed by atoms with E-state index in [2.05, 4.69) is 20.6 Å². The molecule has 5 nitrogen and oxygen atoms in total. The number of hydrogen-bond donors (Lipinski definition) is 2. The lowest BCUT2D eigenvalue weighted by Crippen LogP contribution is -2.41. The van der Waals surface area contributed by atoms with Crippen LogP contribution in [0.25, 0.3) is 11.4 Å². The zero-order chi connectivity index (χ0) is 14.5. The third-order valence-corrected chi connectivity index (χ3v) is 4.40. The summed E-state index contributed by atoms with van der Waals surface area (Å²) in [6.45, 7) is 1.57. The summed E-state index contributed by atoms with van der Waals surface area (Å²) < 4.78 is 0. The van der Waals surface area contributed by atoms with E-state index in [0.717, 1.165) is 42.2 Å². The van der Waals surface area contributed by atoms with Gasteiger partial charge >= 0.3 is 0 Å². The van der Waals surface area contributed by atoms with Crippen molar-refractivity contribution < 1.29 is 4.79 Å². The maximum absolute atomic E-state index is 11.9. The highest BCUT2D eigenvalue weighted by Gasteiger charge is 2.21. The van der Waals surface area contributed by atoms with Crippen LogP contribution in [0.2, 0.25) is 0 Å². The van der Waals surface area contributed by atoms with Crippen molar-refractivity contribution in [3.8, 4) is 11.4 Å². The Morgan fingerprint density at radius 2 is 2.38 bits per heavy atom. The van der Waals surface area contributed by atoms with E-state index in [-0.39, 0.29) is 11.9 Å². The lowest BCUT2D eigenvalue weighted by molar-refractivity contribution is -0.122. The van der Waals surface area contributed by atoms with Crippen LogP contribution in [0.3, 0.4) is 0 Å². The normalized spacial score (nSPS) is 17.8. The molecule has 3 rings (SSSR count). The molecule has 6 heteroatoms. The Balaban J connectivity index is 1.50. The highest BCUT2D eigenvalue weighted by atomic mass is 32.1. The summed E-state index contributed by atoms with van der Waals surface area (Å²) in [5, 5.41) is 9.20. The minimum atomic E-state index is -0.00891. The standard InChI is InChI=1S/C15H18N4OS/c20-15(12-5-3-8-17-12)18-9-6-14-19-13(10-21-14)11-4-1-2-7-16-11/h1-2,4,7,10,12,17H,3,5-6,8-9H2,(H,18,20). The van der Waals surface area contributed by atoms with E-state index >= 15 is 0 Å². The zero-order valence-electron chi connectivity index (χ0n) is 11.7. The molecule has 0 aromatic carbocycles. The second kappa shape index (κ2) is 6.78. The number of hydrogen-bond acceptors (Lipinski definition) is 5. The smallest absolute Gasteiger partial charge is 0.237 e. The van der Waals surface area contributed by atoms with Crippen molar-refractivity contribution in [1.29, 1.82) is 0 Å². The minimum absolute atomic E-state index is 0.00891. The Bertz CT molecular complexity index is 593. The highest BCUT2D eigenvalue weighted by Crippen LogP contribution is 2.19. The SMILES string of the molecule is O=C(NCCc1nc(-c2ccccn2)cs1)C1CCCN1. The van der Waals surface area contributed by atoms with Gasteiger partial charge in [0.2, 0.25) is 5.91 Å². The fourth-order valence-corrected chi connectivity index (χ4v) is 3.17. The van der Waals surface area contributed by atoms with Crippen LogP contribution in [0, 0.1) is 0 Å². The number of nitrogens with zero attached hydrogens (tertiary/aromatic N) is 2. The van der Waals surface area contributed by atoms with Gasteiger partial charge in [0, 0.05) is 24.5 Å². The van der Waals surface area contributed by atoms with Crippen LogP contribution in [-0.2, 0) is 11.2 Å². The molecule has 2 N–H and O–H groups in total. The van der Waals surface area contributed by atoms with Crippen LogP contribution in [-0.4, -0.2) is 35.0 Å². The molecule has 1 saturated heterocycles. The Morgan fingerprint density at radius 3 is 3.14 bits per heavy atom. The van der Waals surface area contributed by atoms with Crippen molar-refractivity contribution in [2.45, 2.75) is 25.3 Å². The van der Waals surface area contributed by atoms with Crippen LogP contribution in [0.15, 0.2) is 29.8 Å². The molecular formula is C15H18N4OS. The molecule has 1 aliphatic heterocycles. The first-order valence-electron chi connectivity index (χ1n) is 7.20. The summed E-state index contributed by atoms with van der Waals surface area (Å²) in [6.07, 6.45) is 4.55. The number of rotatable bonds is 5. The van der Waals surface area contributed by atoms with Crippen LogP contribution in [0.1, 0.15) is 17.8 Å². The van der Waals surface area contributed by atoms with Crippen LogP contribution < -0.4 is 10.6 Å². The van der Waals surface area contributed by atoms with E-state index in [4.69, 9.17) is 0 Å². The quantitative estimate of drug-likeness (QED) is 0.881. The van der Waals surface area contributed by atoms with Crippen LogP contribution >= 0.6 is 11.3 Å². The van der Waals surface area contributed by atoms with Crippen molar-refractivity contribution in [3.05, 3.63) is 34.8 Å². The van der Waals surface area contributed by atoms with E-state index in [1.54, 1.807) is 17.5 Å². The van der Waals surface area contributed by atoms with Gasteiger partial charge in [-0.1, -0.05) is 6.07 Å². The number of pyridine rings is 1. The van der Waals surface area contributed by atoms with Crippen molar-refractivity contribution in [1.82, 2.24) is 20.6 Å². The third-order valence-electron chi connectivity index (χ3n) is 3.49.